The summed E-state index contributed by atoms with van der Waals surface area (Å²) in [4.78, 5) is 0. The molecule has 0 fully saturated rings. The summed E-state index contributed by atoms with van der Waals surface area (Å²) < 4.78 is 5.04. The fourth-order valence-electron chi connectivity index (χ4n) is 1.29. The fourth-order valence-corrected chi connectivity index (χ4v) is 1.29. The topological polar surface area (TPSA) is 81.5 Å². The predicted molar refractivity (Wildman–Crippen MR) is 55.3 cm³/mol. The van der Waals surface area contributed by atoms with Gasteiger partial charge in [-0.3, -0.25) is 0 Å². The van der Waals surface area contributed by atoms with E-state index in [1.54, 1.807) is 25.3 Å². The number of phenolic OH excluding ortho intramolecular Hbond substituents is 1. The monoisotopic (exact) mass is 196 g/mol. The highest BCUT2D eigenvalue weighted by molar-refractivity contribution is 5.41. The zero-order valence-corrected chi connectivity index (χ0v) is 8.23. The molecule has 0 unspecified atom stereocenters. The van der Waals surface area contributed by atoms with Gasteiger partial charge < -0.3 is 21.3 Å². The summed E-state index contributed by atoms with van der Waals surface area (Å²) in [7, 11) is 1.57. The van der Waals surface area contributed by atoms with Crippen molar-refractivity contribution in [1.82, 2.24) is 0 Å². The number of hydrogen-bond acceptors (Lipinski definition) is 4. The van der Waals surface area contributed by atoms with E-state index in [0.717, 1.165) is 0 Å². The Hall–Kier alpha value is -1.26. The standard InChI is InChI=1S/C10H16N2O2/c1-14-7-2-3-10(13)8(6-7)9(12)4-5-11/h2-3,6,9,13H,4-5,11-12H2,1H3/t9-/m0/s1. The third-order valence-corrected chi connectivity index (χ3v) is 2.11. The molecule has 0 saturated heterocycles. The summed E-state index contributed by atoms with van der Waals surface area (Å²) in [5.41, 5.74) is 11.9. The van der Waals surface area contributed by atoms with Crippen LogP contribution in [0.1, 0.15) is 18.0 Å². The quantitative estimate of drug-likeness (QED) is 0.663. The number of benzene rings is 1. The van der Waals surface area contributed by atoms with Gasteiger partial charge in [-0.25, -0.2) is 0 Å². The maximum Gasteiger partial charge on any atom is 0.120 e. The van der Waals surface area contributed by atoms with Gasteiger partial charge in [-0.1, -0.05) is 0 Å². The maximum absolute atomic E-state index is 9.55. The van der Waals surface area contributed by atoms with Gasteiger partial charge in [0.1, 0.15) is 11.5 Å². The highest BCUT2D eigenvalue weighted by Crippen LogP contribution is 2.28. The molecule has 78 valence electrons. The first-order chi connectivity index (χ1) is 6.69. The molecule has 5 N–H and O–H groups in total. The third kappa shape index (κ3) is 2.37. The third-order valence-electron chi connectivity index (χ3n) is 2.11. The van der Waals surface area contributed by atoms with Crippen molar-refractivity contribution in [3.05, 3.63) is 23.8 Å². The molecular formula is C10H16N2O2. The lowest BCUT2D eigenvalue weighted by Gasteiger charge is -2.13. The van der Waals surface area contributed by atoms with E-state index < -0.39 is 0 Å². The first-order valence-electron chi connectivity index (χ1n) is 4.51. The van der Waals surface area contributed by atoms with Crippen molar-refractivity contribution in [2.45, 2.75) is 12.5 Å². The van der Waals surface area contributed by atoms with Gasteiger partial charge in [0, 0.05) is 11.6 Å². The minimum atomic E-state index is -0.241. The molecule has 0 aliphatic carbocycles. The molecule has 0 aliphatic rings. The molecule has 0 radical (unpaired) electrons. The van der Waals surface area contributed by atoms with Gasteiger partial charge in [0.15, 0.2) is 0 Å². The first kappa shape index (κ1) is 10.8. The Morgan fingerprint density at radius 3 is 2.79 bits per heavy atom. The average Bonchev–Trinajstić information content (AvgIpc) is 2.19. The van der Waals surface area contributed by atoms with E-state index in [0.29, 0.717) is 24.3 Å². The lowest BCUT2D eigenvalue weighted by Crippen LogP contribution is -2.15. The molecule has 0 bridgehead atoms. The number of phenols is 1. The summed E-state index contributed by atoms with van der Waals surface area (Å²) in [6.07, 6.45) is 0.640. The molecule has 0 saturated carbocycles. The number of aromatic hydroxyl groups is 1. The van der Waals surface area contributed by atoms with Gasteiger partial charge in [-0.15, -0.1) is 0 Å². The largest absolute Gasteiger partial charge is 0.508 e. The maximum atomic E-state index is 9.55. The summed E-state index contributed by atoms with van der Waals surface area (Å²) >= 11 is 0. The van der Waals surface area contributed by atoms with Crippen molar-refractivity contribution in [2.24, 2.45) is 11.5 Å². The van der Waals surface area contributed by atoms with Crippen molar-refractivity contribution >= 4 is 0 Å². The Labute approximate surface area is 83.5 Å². The van der Waals surface area contributed by atoms with Gasteiger partial charge in [0.05, 0.1) is 7.11 Å². The predicted octanol–water partition coefficient (Wildman–Crippen LogP) is 0.749. The first-order valence-corrected chi connectivity index (χ1v) is 4.51. The SMILES string of the molecule is COc1ccc(O)c([C@@H](N)CCN)c1. The Balaban J connectivity index is 2.93. The van der Waals surface area contributed by atoms with Crippen LogP contribution in [0.2, 0.25) is 0 Å². The molecule has 4 heteroatoms. The van der Waals surface area contributed by atoms with Crippen LogP contribution in [0, 0.1) is 0 Å². The van der Waals surface area contributed by atoms with Crippen molar-refractivity contribution in [3.63, 3.8) is 0 Å². The second kappa shape index (κ2) is 4.83. The molecule has 1 aromatic rings. The van der Waals surface area contributed by atoms with Crippen LogP contribution in [0.3, 0.4) is 0 Å². The van der Waals surface area contributed by atoms with Gasteiger partial charge in [-0.05, 0) is 31.2 Å². The molecule has 0 aromatic heterocycles. The van der Waals surface area contributed by atoms with Gasteiger partial charge in [-0.2, -0.15) is 0 Å². The molecule has 14 heavy (non-hydrogen) atoms. The summed E-state index contributed by atoms with van der Waals surface area (Å²) in [6, 6.07) is 4.75. The van der Waals surface area contributed by atoms with Crippen LogP contribution in [0.25, 0.3) is 0 Å². The van der Waals surface area contributed by atoms with Gasteiger partial charge in [0.2, 0.25) is 0 Å². The van der Waals surface area contributed by atoms with Gasteiger partial charge in [0.25, 0.3) is 0 Å². The van der Waals surface area contributed by atoms with E-state index in [1.165, 1.54) is 0 Å². The van der Waals surface area contributed by atoms with Crippen molar-refractivity contribution < 1.29 is 9.84 Å². The van der Waals surface area contributed by atoms with Gasteiger partial charge >= 0.3 is 0 Å². The molecule has 4 nitrogen and oxygen atoms in total. The van der Waals surface area contributed by atoms with Crippen LogP contribution >= 0.6 is 0 Å². The summed E-state index contributed by atoms with van der Waals surface area (Å²) in [5, 5.41) is 9.55. The van der Waals surface area contributed by atoms with E-state index in [-0.39, 0.29) is 11.8 Å². The molecule has 0 spiro atoms. The number of nitrogens with two attached hydrogens (primary N) is 2. The average molecular weight is 196 g/mol. The zero-order chi connectivity index (χ0) is 10.6. The van der Waals surface area contributed by atoms with E-state index in [2.05, 4.69) is 0 Å². The van der Waals surface area contributed by atoms with Crippen molar-refractivity contribution in [1.29, 1.82) is 0 Å². The van der Waals surface area contributed by atoms with E-state index in [1.807, 2.05) is 0 Å². The zero-order valence-electron chi connectivity index (χ0n) is 8.23. The smallest absolute Gasteiger partial charge is 0.120 e. The molecule has 0 heterocycles. The lowest BCUT2D eigenvalue weighted by atomic mass is 10.0. The Morgan fingerprint density at radius 2 is 2.21 bits per heavy atom. The molecule has 1 atom stereocenters. The summed E-state index contributed by atoms with van der Waals surface area (Å²) in [6.45, 7) is 0.498. The van der Waals surface area contributed by atoms with Crippen molar-refractivity contribution in [2.75, 3.05) is 13.7 Å². The van der Waals surface area contributed by atoms with E-state index in [9.17, 15) is 5.11 Å². The van der Waals surface area contributed by atoms with Crippen LogP contribution < -0.4 is 16.2 Å². The van der Waals surface area contributed by atoms with E-state index >= 15 is 0 Å². The Bertz CT molecular complexity index is 302. The minimum absolute atomic E-state index is 0.187. The fraction of sp³-hybridized carbons (Fsp3) is 0.400. The number of rotatable bonds is 4. The Morgan fingerprint density at radius 1 is 1.50 bits per heavy atom. The Kier molecular flexibility index (Phi) is 3.73. The number of methoxy groups -OCH3 is 1. The highest BCUT2D eigenvalue weighted by atomic mass is 16.5. The van der Waals surface area contributed by atoms with Crippen LogP contribution in [0.4, 0.5) is 0 Å². The number of hydrogen-bond donors (Lipinski definition) is 3. The molecule has 1 rings (SSSR count). The molecule has 0 amide bonds. The second-order valence-electron chi connectivity index (χ2n) is 3.11. The second-order valence-corrected chi connectivity index (χ2v) is 3.11. The normalized spacial score (nSPS) is 12.5. The molecule has 0 aliphatic heterocycles. The van der Waals surface area contributed by atoms with Crippen LogP contribution in [-0.4, -0.2) is 18.8 Å². The molecule has 1 aromatic carbocycles. The summed E-state index contributed by atoms with van der Waals surface area (Å²) in [5.74, 6) is 0.872. The minimum Gasteiger partial charge on any atom is -0.508 e. The van der Waals surface area contributed by atoms with Crippen LogP contribution in [0.5, 0.6) is 11.5 Å². The molecular weight excluding hydrogens is 180 g/mol. The van der Waals surface area contributed by atoms with Crippen LogP contribution in [-0.2, 0) is 0 Å². The highest BCUT2D eigenvalue weighted by Gasteiger charge is 2.10. The lowest BCUT2D eigenvalue weighted by molar-refractivity contribution is 0.409. The number of ether oxygens (including phenoxy) is 1. The van der Waals surface area contributed by atoms with Crippen molar-refractivity contribution in [3.8, 4) is 11.5 Å². The van der Waals surface area contributed by atoms with E-state index in [4.69, 9.17) is 16.2 Å². The van der Waals surface area contributed by atoms with Crippen LogP contribution in [0.15, 0.2) is 18.2 Å².